The molecule has 0 amide bonds. The lowest BCUT2D eigenvalue weighted by Gasteiger charge is -2.23. The van der Waals surface area contributed by atoms with Crippen LogP contribution in [0.5, 0.6) is 0 Å². The molecule has 0 aliphatic rings. The van der Waals surface area contributed by atoms with Gasteiger partial charge >= 0.3 is 0 Å². The number of benzene rings is 1. The summed E-state index contributed by atoms with van der Waals surface area (Å²) in [4.78, 5) is 4.65. The third-order valence-corrected chi connectivity index (χ3v) is 4.88. The fourth-order valence-corrected chi connectivity index (χ4v) is 3.08. The van der Waals surface area contributed by atoms with E-state index in [1.54, 1.807) is 24.3 Å². The van der Waals surface area contributed by atoms with Crippen molar-refractivity contribution in [2.75, 3.05) is 18.8 Å². The number of hydrogen-bond donors (Lipinski definition) is 2. The van der Waals surface area contributed by atoms with Crippen LogP contribution in [0.1, 0.15) is 27.7 Å². The third kappa shape index (κ3) is 8.90. The van der Waals surface area contributed by atoms with Crippen LogP contribution >= 0.6 is 39.9 Å². The summed E-state index contributed by atoms with van der Waals surface area (Å²) in [5.41, 5.74) is -0.133. The molecule has 0 spiro atoms. The minimum absolute atomic E-state index is 0. The zero-order chi connectivity index (χ0) is 16.8. The summed E-state index contributed by atoms with van der Waals surface area (Å²) in [6, 6.07) is 6.65. The van der Waals surface area contributed by atoms with Gasteiger partial charge in [0.15, 0.2) is 15.8 Å². The van der Waals surface area contributed by atoms with Gasteiger partial charge in [-0.05, 0) is 52.0 Å². The van der Waals surface area contributed by atoms with Crippen molar-refractivity contribution in [3.63, 3.8) is 0 Å². The molecular weight excluding hydrogens is 493 g/mol. The highest BCUT2D eigenvalue weighted by atomic mass is 127. The topological polar surface area (TPSA) is 70.6 Å². The molecule has 2 N–H and O–H groups in total. The molecule has 5 nitrogen and oxygen atoms in total. The minimum Gasteiger partial charge on any atom is -0.357 e. The molecule has 132 valence electrons. The second-order valence-corrected chi connectivity index (χ2v) is 8.93. The summed E-state index contributed by atoms with van der Waals surface area (Å²) < 4.78 is 25.3. The van der Waals surface area contributed by atoms with Crippen molar-refractivity contribution in [3.05, 3.63) is 28.7 Å². The lowest BCUT2D eigenvalue weighted by molar-refractivity contribution is 0.502. The maximum Gasteiger partial charge on any atom is 0.191 e. The molecule has 8 heteroatoms. The average molecular weight is 518 g/mol. The molecule has 0 aliphatic carbocycles. The Labute approximate surface area is 164 Å². The number of rotatable bonds is 5. The average Bonchev–Trinajstić information content (AvgIpc) is 2.37. The van der Waals surface area contributed by atoms with Gasteiger partial charge < -0.3 is 10.6 Å². The molecule has 0 fully saturated rings. The van der Waals surface area contributed by atoms with E-state index in [2.05, 4.69) is 31.6 Å². The van der Waals surface area contributed by atoms with E-state index in [0.717, 1.165) is 11.0 Å². The van der Waals surface area contributed by atoms with E-state index < -0.39 is 9.84 Å². The molecule has 0 aliphatic heterocycles. The second kappa shape index (κ2) is 9.83. The molecule has 1 aromatic rings. The maximum atomic E-state index is 12.2. The Hall–Kier alpha value is -0.350. The molecule has 0 saturated heterocycles. The number of halogens is 2. The highest BCUT2D eigenvalue weighted by Crippen LogP contribution is 2.15. The predicted octanol–water partition coefficient (Wildman–Crippen LogP) is 3.19. The number of nitrogens with one attached hydrogen (secondary N) is 2. The Balaban J connectivity index is 0.00000484. The molecule has 23 heavy (non-hydrogen) atoms. The first-order valence-corrected chi connectivity index (χ1v) is 9.63. The van der Waals surface area contributed by atoms with Crippen molar-refractivity contribution in [3.8, 4) is 0 Å². The van der Waals surface area contributed by atoms with E-state index in [0.29, 0.717) is 10.9 Å². The first-order chi connectivity index (χ1) is 10.1. The van der Waals surface area contributed by atoms with E-state index >= 15 is 0 Å². The Morgan fingerprint density at radius 3 is 2.26 bits per heavy atom. The highest BCUT2D eigenvalue weighted by Gasteiger charge is 2.15. The van der Waals surface area contributed by atoms with Crippen LogP contribution in [0.3, 0.4) is 0 Å². The monoisotopic (exact) mass is 517 g/mol. The van der Waals surface area contributed by atoms with Gasteiger partial charge in [-0.1, -0.05) is 15.9 Å². The zero-order valence-corrected chi connectivity index (χ0v) is 18.6. The molecule has 0 bridgehead atoms. The summed E-state index contributed by atoms with van der Waals surface area (Å²) in [6.07, 6.45) is 0. The lowest BCUT2D eigenvalue weighted by atomic mass is 10.1. The maximum absolute atomic E-state index is 12.2. The van der Waals surface area contributed by atoms with Gasteiger partial charge in [0.25, 0.3) is 0 Å². The molecular formula is C15H25BrIN3O2S. The van der Waals surface area contributed by atoms with E-state index in [4.69, 9.17) is 0 Å². The van der Waals surface area contributed by atoms with Crippen molar-refractivity contribution in [1.29, 1.82) is 0 Å². The molecule has 1 rings (SSSR count). The van der Waals surface area contributed by atoms with Gasteiger partial charge in [0.1, 0.15) is 0 Å². The zero-order valence-electron chi connectivity index (χ0n) is 13.9. The van der Waals surface area contributed by atoms with Crippen molar-refractivity contribution in [1.82, 2.24) is 10.6 Å². The van der Waals surface area contributed by atoms with E-state index in [-0.39, 0.29) is 41.8 Å². The molecule has 0 saturated carbocycles. The van der Waals surface area contributed by atoms with Crippen LogP contribution in [0, 0.1) is 0 Å². The molecule has 0 radical (unpaired) electrons. The Morgan fingerprint density at radius 2 is 1.78 bits per heavy atom. The first-order valence-electron chi connectivity index (χ1n) is 7.19. The fraction of sp³-hybridized carbons (Fsp3) is 0.533. The summed E-state index contributed by atoms with van der Waals surface area (Å²) in [6.45, 7) is 8.99. The second-order valence-electron chi connectivity index (χ2n) is 5.91. The molecule has 1 aromatic carbocycles. The number of nitrogens with zero attached hydrogens (tertiary/aromatic N) is 1. The minimum atomic E-state index is -3.31. The van der Waals surface area contributed by atoms with Crippen molar-refractivity contribution in [2.24, 2.45) is 4.99 Å². The van der Waals surface area contributed by atoms with Gasteiger partial charge in [0.2, 0.25) is 0 Å². The first kappa shape index (κ1) is 22.6. The Morgan fingerprint density at radius 1 is 1.22 bits per heavy atom. The number of hydrogen-bond acceptors (Lipinski definition) is 3. The molecule has 0 atom stereocenters. The molecule has 0 unspecified atom stereocenters. The Kier molecular flexibility index (Phi) is 9.68. The smallest absolute Gasteiger partial charge is 0.191 e. The Bertz CT molecular complexity index is 611. The normalized spacial score (nSPS) is 12.5. The summed E-state index contributed by atoms with van der Waals surface area (Å²) in [7, 11) is -3.31. The van der Waals surface area contributed by atoms with Gasteiger partial charge in [-0.2, -0.15) is 0 Å². The number of aliphatic imine (C=N–C) groups is 1. The highest BCUT2D eigenvalue weighted by molar-refractivity contribution is 14.0. The van der Waals surface area contributed by atoms with Gasteiger partial charge in [-0.25, -0.2) is 8.42 Å². The van der Waals surface area contributed by atoms with Crippen LogP contribution in [0.15, 0.2) is 38.6 Å². The van der Waals surface area contributed by atoms with Crippen molar-refractivity contribution >= 4 is 55.7 Å². The van der Waals surface area contributed by atoms with Gasteiger partial charge in [-0.3, -0.25) is 4.99 Å². The SMILES string of the molecule is CCNC(=NCCS(=O)(=O)c1ccc(Br)cc1)NC(C)(C)C.I. The van der Waals surface area contributed by atoms with E-state index in [9.17, 15) is 8.42 Å². The molecule has 0 aromatic heterocycles. The van der Waals surface area contributed by atoms with Crippen molar-refractivity contribution < 1.29 is 8.42 Å². The fourth-order valence-electron chi connectivity index (χ4n) is 1.70. The van der Waals surface area contributed by atoms with E-state index in [1.807, 2.05) is 27.7 Å². The third-order valence-electron chi connectivity index (χ3n) is 2.64. The standard InChI is InChI=1S/C15H24BrN3O2S.HI/c1-5-17-14(19-15(2,3)4)18-10-11-22(20,21)13-8-6-12(16)7-9-13;/h6-9H,5,10-11H2,1-4H3,(H2,17,18,19);1H. The summed E-state index contributed by atoms with van der Waals surface area (Å²) in [5.74, 6) is 0.607. The van der Waals surface area contributed by atoms with Crippen LogP contribution in [-0.4, -0.2) is 38.8 Å². The van der Waals surface area contributed by atoms with Crippen molar-refractivity contribution in [2.45, 2.75) is 38.1 Å². The lowest BCUT2D eigenvalue weighted by Crippen LogP contribution is -2.47. The van der Waals surface area contributed by atoms with Crippen LogP contribution in [0.2, 0.25) is 0 Å². The van der Waals surface area contributed by atoms with Gasteiger partial charge in [0, 0.05) is 16.6 Å². The quantitative estimate of drug-likeness (QED) is 0.357. The van der Waals surface area contributed by atoms with Gasteiger partial charge in [0.05, 0.1) is 17.2 Å². The largest absolute Gasteiger partial charge is 0.357 e. The van der Waals surface area contributed by atoms with Crippen LogP contribution in [-0.2, 0) is 9.84 Å². The summed E-state index contributed by atoms with van der Waals surface area (Å²) in [5, 5.41) is 6.34. The predicted molar refractivity (Wildman–Crippen MR) is 110 cm³/mol. The van der Waals surface area contributed by atoms with Crippen LogP contribution < -0.4 is 10.6 Å². The van der Waals surface area contributed by atoms with Crippen LogP contribution in [0.4, 0.5) is 0 Å². The summed E-state index contributed by atoms with van der Waals surface area (Å²) >= 11 is 3.30. The number of guanidine groups is 1. The van der Waals surface area contributed by atoms with Gasteiger partial charge in [-0.15, -0.1) is 24.0 Å². The number of sulfone groups is 1. The van der Waals surface area contributed by atoms with Crippen LogP contribution in [0.25, 0.3) is 0 Å². The van der Waals surface area contributed by atoms with E-state index in [1.165, 1.54) is 0 Å². The molecule has 0 heterocycles.